The number of nitrogens with zero attached hydrogens (tertiary/aromatic N) is 2. The molecule has 78 valence electrons. The Kier molecular flexibility index (Phi) is 2.85. The lowest BCUT2D eigenvalue weighted by atomic mass is 10.1. The molecule has 0 bridgehead atoms. The Labute approximate surface area is 81.4 Å². The highest BCUT2D eigenvalue weighted by Crippen LogP contribution is 2.13. The van der Waals surface area contributed by atoms with E-state index < -0.39 is 11.3 Å². The Morgan fingerprint density at radius 2 is 2.14 bits per heavy atom. The normalized spacial score (nSPS) is 11.4. The van der Waals surface area contributed by atoms with Crippen molar-refractivity contribution in [2.24, 2.45) is 0 Å². The minimum atomic E-state index is -1.17. The molecule has 3 N–H and O–H groups in total. The van der Waals surface area contributed by atoms with Gasteiger partial charge in [-0.1, -0.05) is 0 Å². The number of anilines is 1. The van der Waals surface area contributed by atoms with Gasteiger partial charge in [-0.3, -0.25) is 4.98 Å². The highest BCUT2D eigenvalue weighted by atomic mass is 16.3. The van der Waals surface area contributed by atoms with E-state index in [0.29, 0.717) is 6.54 Å². The first-order valence-corrected chi connectivity index (χ1v) is 4.38. The second-order valence-electron chi connectivity index (χ2n) is 3.42. The third-order valence-electron chi connectivity index (χ3n) is 1.56. The summed E-state index contributed by atoms with van der Waals surface area (Å²) < 4.78 is 0. The number of nitrogens with one attached hydrogen (secondary N) is 2. The summed E-state index contributed by atoms with van der Waals surface area (Å²) in [6, 6.07) is 0. The first-order chi connectivity index (χ1) is 6.43. The first kappa shape index (κ1) is 10.6. The summed E-state index contributed by atoms with van der Waals surface area (Å²) >= 11 is 0. The van der Waals surface area contributed by atoms with Crippen molar-refractivity contribution in [3.05, 3.63) is 16.3 Å². The van der Waals surface area contributed by atoms with Crippen molar-refractivity contribution in [2.45, 2.75) is 26.4 Å². The standard InChI is InChI=1S/C8H14N4O2/c1-4-9-6-10-5(8(2,3)14)11-7(13)12-6/h14H,4H2,1-3H3,(H2,9,10,11,12,13). The molecule has 0 aliphatic rings. The van der Waals surface area contributed by atoms with Crippen LogP contribution in [0.15, 0.2) is 4.79 Å². The first-order valence-electron chi connectivity index (χ1n) is 4.38. The highest BCUT2D eigenvalue weighted by molar-refractivity contribution is 5.22. The van der Waals surface area contributed by atoms with Gasteiger partial charge in [-0.2, -0.15) is 9.97 Å². The number of aromatic nitrogens is 3. The molecule has 0 saturated carbocycles. The van der Waals surface area contributed by atoms with Crippen LogP contribution in [0.5, 0.6) is 0 Å². The van der Waals surface area contributed by atoms with E-state index in [1.807, 2.05) is 6.92 Å². The predicted molar refractivity (Wildman–Crippen MR) is 52.1 cm³/mol. The van der Waals surface area contributed by atoms with Crippen LogP contribution in [0, 0.1) is 0 Å². The number of hydrogen-bond donors (Lipinski definition) is 3. The van der Waals surface area contributed by atoms with E-state index >= 15 is 0 Å². The van der Waals surface area contributed by atoms with Crippen LogP contribution in [0.2, 0.25) is 0 Å². The summed E-state index contributed by atoms with van der Waals surface area (Å²) in [6.07, 6.45) is 0. The summed E-state index contributed by atoms with van der Waals surface area (Å²) in [5.41, 5.74) is -1.69. The molecular weight excluding hydrogens is 184 g/mol. The van der Waals surface area contributed by atoms with Crippen LogP contribution >= 0.6 is 0 Å². The number of H-pyrrole nitrogens is 1. The van der Waals surface area contributed by atoms with Crippen molar-refractivity contribution in [1.29, 1.82) is 0 Å². The molecule has 1 heterocycles. The maximum absolute atomic E-state index is 11.1. The molecule has 0 amide bonds. The third kappa shape index (κ3) is 2.53. The van der Waals surface area contributed by atoms with E-state index in [1.165, 1.54) is 0 Å². The zero-order valence-corrected chi connectivity index (χ0v) is 8.46. The molecule has 0 aliphatic carbocycles. The molecule has 6 heteroatoms. The summed E-state index contributed by atoms with van der Waals surface area (Å²) in [4.78, 5) is 21.0. The van der Waals surface area contributed by atoms with Gasteiger partial charge in [0.25, 0.3) is 0 Å². The number of aromatic amines is 1. The van der Waals surface area contributed by atoms with Crippen LogP contribution < -0.4 is 11.0 Å². The van der Waals surface area contributed by atoms with Crippen LogP contribution in [0.1, 0.15) is 26.6 Å². The Balaban J connectivity index is 3.14. The van der Waals surface area contributed by atoms with Crippen molar-refractivity contribution in [3.63, 3.8) is 0 Å². The quantitative estimate of drug-likeness (QED) is 0.627. The molecule has 1 aromatic heterocycles. The van der Waals surface area contributed by atoms with Crippen molar-refractivity contribution in [1.82, 2.24) is 15.0 Å². The Morgan fingerprint density at radius 3 is 2.64 bits per heavy atom. The zero-order valence-electron chi connectivity index (χ0n) is 8.46. The Bertz CT molecular complexity index is 366. The maximum Gasteiger partial charge on any atom is 0.349 e. The van der Waals surface area contributed by atoms with E-state index in [9.17, 15) is 9.90 Å². The number of rotatable bonds is 3. The fraction of sp³-hybridized carbons (Fsp3) is 0.625. The van der Waals surface area contributed by atoms with Crippen molar-refractivity contribution in [2.75, 3.05) is 11.9 Å². The van der Waals surface area contributed by atoms with Crippen LogP contribution in [0.25, 0.3) is 0 Å². The molecule has 0 aliphatic heterocycles. The second kappa shape index (κ2) is 3.75. The van der Waals surface area contributed by atoms with Gasteiger partial charge in [-0.25, -0.2) is 4.79 Å². The molecule has 0 atom stereocenters. The summed E-state index contributed by atoms with van der Waals surface area (Å²) in [7, 11) is 0. The number of aliphatic hydroxyl groups is 1. The van der Waals surface area contributed by atoms with Crippen LogP contribution in [-0.2, 0) is 5.60 Å². The van der Waals surface area contributed by atoms with E-state index in [2.05, 4.69) is 20.3 Å². The summed E-state index contributed by atoms with van der Waals surface area (Å²) in [6.45, 7) is 5.57. The molecule has 0 spiro atoms. The minimum absolute atomic E-state index is 0.202. The molecule has 0 aromatic carbocycles. The van der Waals surface area contributed by atoms with Crippen LogP contribution in [0.4, 0.5) is 5.95 Å². The molecule has 0 saturated heterocycles. The lowest BCUT2D eigenvalue weighted by Gasteiger charge is -2.15. The van der Waals surface area contributed by atoms with E-state index in [-0.39, 0.29) is 11.8 Å². The molecule has 1 rings (SSSR count). The lowest BCUT2D eigenvalue weighted by Crippen LogP contribution is -2.27. The van der Waals surface area contributed by atoms with E-state index in [1.54, 1.807) is 13.8 Å². The van der Waals surface area contributed by atoms with Crippen molar-refractivity contribution in [3.8, 4) is 0 Å². The molecule has 0 fully saturated rings. The average molecular weight is 198 g/mol. The van der Waals surface area contributed by atoms with Crippen molar-refractivity contribution >= 4 is 5.95 Å². The van der Waals surface area contributed by atoms with Gasteiger partial charge in [0.15, 0.2) is 0 Å². The fourth-order valence-corrected chi connectivity index (χ4v) is 0.911. The lowest BCUT2D eigenvalue weighted by molar-refractivity contribution is 0.0682. The van der Waals surface area contributed by atoms with Gasteiger partial charge in [-0.15, -0.1) is 0 Å². The van der Waals surface area contributed by atoms with Gasteiger partial charge >= 0.3 is 5.69 Å². The van der Waals surface area contributed by atoms with E-state index in [0.717, 1.165) is 0 Å². The molecule has 1 aromatic rings. The average Bonchev–Trinajstić information content (AvgIpc) is 2.02. The topological polar surface area (TPSA) is 90.9 Å². The maximum atomic E-state index is 11.1. The largest absolute Gasteiger partial charge is 0.383 e. The fourth-order valence-electron chi connectivity index (χ4n) is 0.911. The van der Waals surface area contributed by atoms with Gasteiger partial charge in [0.2, 0.25) is 5.95 Å². The predicted octanol–water partition coefficient (Wildman–Crippen LogP) is -0.176. The number of hydrogen-bond acceptors (Lipinski definition) is 5. The third-order valence-corrected chi connectivity index (χ3v) is 1.56. The highest BCUT2D eigenvalue weighted by Gasteiger charge is 2.20. The zero-order chi connectivity index (χ0) is 10.8. The SMILES string of the molecule is CCNc1nc(C(C)(C)O)[nH]c(=O)n1. The van der Waals surface area contributed by atoms with Gasteiger partial charge in [-0.05, 0) is 20.8 Å². The molecule has 6 nitrogen and oxygen atoms in total. The second-order valence-corrected chi connectivity index (χ2v) is 3.42. The summed E-state index contributed by atoms with van der Waals surface area (Å²) in [5.74, 6) is 0.432. The Hall–Kier alpha value is -1.43. The smallest absolute Gasteiger partial charge is 0.349 e. The van der Waals surface area contributed by atoms with Gasteiger partial charge < -0.3 is 10.4 Å². The molecule has 0 unspecified atom stereocenters. The monoisotopic (exact) mass is 198 g/mol. The summed E-state index contributed by atoms with van der Waals surface area (Å²) in [5, 5.41) is 12.4. The van der Waals surface area contributed by atoms with Gasteiger partial charge in [0.1, 0.15) is 11.4 Å². The van der Waals surface area contributed by atoms with Gasteiger partial charge in [0, 0.05) is 6.54 Å². The molecular formula is C8H14N4O2. The van der Waals surface area contributed by atoms with Crippen LogP contribution in [0.3, 0.4) is 0 Å². The van der Waals surface area contributed by atoms with Crippen molar-refractivity contribution < 1.29 is 5.11 Å². The van der Waals surface area contributed by atoms with Gasteiger partial charge in [0.05, 0.1) is 0 Å². The van der Waals surface area contributed by atoms with Crippen LogP contribution in [-0.4, -0.2) is 26.6 Å². The van der Waals surface area contributed by atoms with E-state index in [4.69, 9.17) is 0 Å². The minimum Gasteiger partial charge on any atom is -0.383 e. The molecule has 14 heavy (non-hydrogen) atoms. The Morgan fingerprint density at radius 1 is 1.50 bits per heavy atom. The molecule has 0 radical (unpaired) electrons.